The molecule has 1 aliphatic carbocycles. The van der Waals surface area contributed by atoms with E-state index in [-0.39, 0.29) is 17.5 Å². The first-order chi connectivity index (χ1) is 17.9. The van der Waals surface area contributed by atoms with Crippen molar-refractivity contribution >= 4 is 28.5 Å². The number of carbonyl (C=O) groups is 2. The number of carbonyl (C=O) groups excluding carboxylic acids is 1. The Morgan fingerprint density at radius 2 is 1.76 bits per heavy atom. The fourth-order valence-corrected chi connectivity index (χ4v) is 4.90. The smallest absolute Gasteiger partial charge is 0.353 e. The number of benzene rings is 3. The second-order valence-corrected chi connectivity index (χ2v) is 9.27. The number of fused-ring (bicyclic) bond motifs is 1. The molecule has 7 nitrogen and oxygen atoms in total. The van der Waals surface area contributed by atoms with Crippen LogP contribution in [0.1, 0.15) is 35.8 Å². The van der Waals surface area contributed by atoms with Crippen molar-refractivity contribution in [1.82, 2.24) is 4.57 Å². The number of aromatic nitrogens is 1. The van der Waals surface area contributed by atoms with Crippen molar-refractivity contribution in [1.29, 1.82) is 0 Å². The first-order valence-corrected chi connectivity index (χ1v) is 12.4. The summed E-state index contributed by atoms with van der Waals surface area (Å²) in [4.78, 5) is 27.6. The van der Waals surface area contributed by atoms with Gasteiger partial charge in [-0.1, -0.05) is 36.4 Å². The molecule has 0 bridgehead atoms. The molecule has 1 N–H and O–H groups in total. The van der Waals surface area contributed by atoms with Crippen LogP contribution in [0.4, 0.5) is 5.69 Å². The van der Waals surface area contributed by atoms with Gasteiger partial charge in [-0.05, 0) is 61.2 Å². The number of carboxylic acids is 1. The summed E-state index contributed by atoms with van der Waals surface area (Å²) in [6.07, 6.45) is 1.78. The zero-order valence-corrected chi connectivity index (χ0v) is 21.2. The monoisotopic (exact) mass is 498 g/mol. The third-order valence-electron chi connectivity index (χ3n) is 6.81. The van der Waals surface area contributed by atoms with Gasteiger partial charge in [0.25, 0.3) is 0 Å². The third kappa shape index (κ3) is 4.65. The number of nitrogens with zero attached hydrogens (tertiary/aromatic N) is 2. The van der Waals surface area contributed by atoms with Gasteiger partial charge in [0, 0.05) is 30.5 Å². The van der Waals surface area contributed by atoms with E-state index >= 15 is 0 Å². The number of amides is 1. The van der Waals surface area contributed by atoms with Crippen LogP contribution in [0, 0.1) is 5.92 Å². The molecule has 0 unspecified atom stereocenters. The number of hydrogen-bond donors (Lipinski definition) is 1. The molecule has 1 fully saturated rings. The van der Waals surface area contributed by atoms with Crippen LogP contribution in [0.25, 0.3) is 22.0 Å². The SMILES string of the molecule is CCOc1ccc(-c2c(C(=O)O)n(Cc3cccc(OC)c3)c3c(N(C)C(=O)C4CC4)cccc23)cc1. The van der Waals surface area contributed by atoms with Crippen molar-refractivity contribution < 1.29 is 24.2 Å². The van der Waals surface area contributed by atoms with E-state index in [9.17, 15) is 14.7 Å². The maximum absolute atomic E-state index is 13.1. The van der Waals surface area contributed by atoms with E-state index in [1.165, 1.54) is 0 Å². The van der Waals surface area contributed by atoms with Gasteiger partial charge in [-0.3, -0.25) is 4.79 Å². The summed E-state index contributed by atoms with van der Waals surface area (Å²) < 4.78 is 12.8. The molecule has 4 aromatic rings. The molecule has 1 aliphatic rings. The topological polar surface area (TPSA) is 81.0 Å². The molecule has 190 valence electrons. The van der Waals surface area contributed by atoms with Crippen LogP contribution in [0.5, 0.6) is 11.5 Å². The van der Waals surface area contributed by atoms with E-state index < -0.39 is 5.97 Å². The van der Waals surface area contributed by atoms with Gasteiger partial charge < -0.3 is 24.0 Å². The molecule has 3 aromatic carbocycles. The van der Waals surface area contributed by atoms with Gasteiger partial charge in [0.05, 0.1) is 24.9 Å². The quantitative estimate of drug-likeness (QED) is 0.314. The second kappa shape index (κ2) is 10.0. The molecule has 0 atom stereocenters. The standard InChI is InChI=1S/C30H30N2O5/c1-4-37-22-15-13-20(14-16-22)26-24-9-6-10-25(31(2)29(33)21-11-12-21)27(24)32(28(26)30(34)35)18-19-7-5-8-23(17-19)36-3/h5-10,13-17,21H,4,11-12,18H2,1-3H3,(H,34,35). The molecular formula is C30H30N2O5. The largest absolute Gasteiger partial charge is 0.497 e. The average Bonchev–Trinajstić information content (AvgIpc) is 3.71. The first-order valence-electron chi connectivity index (χ1n) is 12.4. The van der Waals surface area contributed by atoms with Crippen molar-refractivity contribution in [3.05, 3.63) is 78.0 Å². The number of carboxylic acid groups (broad SMARTS) is 1. The van der Waals surface area contributed by atoms with Gasteiger partial charge >= 0.3 is 5.97 Å². The molecule has 37 heavy (non-hydrogen) atoms. The number of anilines is 1. The van der Waals surface area contributed by atoms with Crippen LogP contribution in [-0.2, 0) is 11.3 Å². The Labute approximate surface area is 215 Å². The van der Waals surface area contributed by atoms with Gasteiger partial charge in [0.2, 0.25) is 5.91 Å². The minimum atomic E-state index is -1.04. The molecule has 0 aliphatic heterocycles. The van der Waals surface area contributed by atoms with Crippen molar-refractivity contribution in [2.75, 3.05) is 25.7 Å². The Morgan fingerprint density at radius 3 is 2.41 bits per heavy atom. The zero-order valence-electron chi connectivity index (χ0n) is 21.2. The molecule has 5 rings (SSSR count). The predicted molar refractivity (Wildman–Crippen MR) is 144 cm³/mol. The molecule has 1 saturated carbocycles. The summed E-state index contributed by atoms with van der Waals surface area (Å²) in [5.41, 5.74) is 3.84. The summed E-state index contributed by atoms with van der Waals surface area (Å²) in [6, 6.07) is 20.7. The molecule has 0 saturated heterocycles. The number of ether oxygens (including phenoxy) is 2. The fraction of sp³-hybridized carbons (Fsp3) is 0.267. The van der Waals surface area contributed by atoms with E-state index in [2.05, 4.69) is 0 Å². The van der Waals surface area contributed by atoms with Crippen LogP contribution >= 0.6 is 0 Å². The lowest BCUT2D eigenvalue weighted by molar-refractivity contribution is -0.119. The van der Waals surface area contributed by atoms with Crippen molar-refractivity contribution in [2.24, 2.45) is 5.92 Å². The molecule has 0 spiro atoms. The number of rotatable bonds is 9. The lowest BCUT2D eigenvalue weighted by atomic mass is 10.0. The number of para-hydroxylation sites is 1. The maximum Gasteiger partial charge on any atom is 0.353 e. The fourth-order valence-electron chi connectivity index (χ4n) is 4.90. The maximum atomic E-state index is 13.1. The van der Waals surface area contributed by atoms with Gasteiger partial charge in [0.1, 0.15) is 17.2 Å². The Morgan fingerprint density at radius 1 is 1.03 bits per heavy atom. The van der Waals surface area contributed by atoms with Crippen molar-refractivity contribution in [3.8, 4) is 22.6 Å². The second-order valence-electron chi connectivity index (χ2n) is 9.27. The lowest BCUT2D eigenvalue weighted by Gasteiger charge is -2.20. The highest BCUT2D eigenvalue weighted by Gasteiger charge is 2.34. The van der Waals surface area contributed by atoms with Gasteiger partial charge in [0.15, 0.2) is 0 Å². The molecule has 1 heterocycles. The van der Waals surface area contributed by atoms with Gasteiger partial charge in [-0.2, -0.15) is 0 Å². The predicted octanol–water partition coefficient (Wildman–Crippen LogP) is 5.83. The van der Waals surface area contributed by atoms with Gasteiger partial charge in [-0.25, -0.2) is 4.79 Å². The molecule has 0 radical (unpaired) electrons. The zero-order chi connectivity index (χ0) is 26.1. The normalized spacial score (nSPS) is 12.9. The molecular weight excluding hydrogens is 468 g/mol. The van der Waals surface area contributed by atoms with Gasteiger partial charge in [-0.15, -0.1) is 0 Å². The Hall–Kier alpha value is -4.26. The van der Waals surface area contributed by atoms with Crippen molar-refractivity contribution in [3.63, 3.8) is 0 Å². The van der Waals surface area contributed by atoms with E-state index in [0.29, 0.717) is 35.7 Å². The van der Waals surface area contributed by atoms with E-state index in [0.717, 1.165) is 35.1 Å². The number of hydrogen-bond acceptors (Lipinski definition) is 4. The molecule has 1 amide bonds. The third-order valence-corrected chi connectivity index (χ3v) is 6.81. The van der Waals surface area contributed by atoms with E-state index in [1.54, 1.807) is 19.1 Å². The van der Waals surface area contributed by atoms with Crippen LogP contribution in [0.15, 0.2) is 66.7 Å². The summed E-state index contributed by atoms with van der Waals surface area (Å²) in [5.74, 6) is 0.468. The Bertz CT molecular complexity index is 1470. The van der Waals surface area contributed by atoms with Crippen LogP contribution in [-0.4, -0.2) is 42.3 Å². The highest BCUT2D eigenvalue weighted by atomic mass is 16.5. The number of aromatic carboxylic acids is 1. The van der Waals surface area contributed by atoms with Crippen molar-refractivity contribution in [2.45, 2.75) is 26.3 Å². The minimum absolute atomic E-state index is 0.0339. The highest BCUT2D eigenvalue weighted by Crippen LogP contribution is 2.41. The van der Waals surface area contributed by atoms with Crippen LogP contribution < -0.4 is 14.4 Å². The summed E-state index contributed by atoms with van der Waals surface area (Å²) in [7, 11) is 3.38. The van der Waals surface area contributed by atoms with Crippen LogP contribution in [0.3, 0.4) is 0 Å². The van der Waals surface area contributed by atoms with E-state index in [1.807, 2.05) is 78.2 Å². The van der Waals surface area contributed by atoms with E-state index in [4.69, 9.17) is 9.47 Å². The molecule has 7 heteroatoms. The van der Waals surface area contributed by atoms with Crippen LogP contribution in [0.2, 0.25) is 0 Å². The molecule has 1 aromatic heterocycles. The number of methoxy groups -OCH3 is 1. The first kappa shape index (κ1) is 24.4. The Kier molecular flexibility index (Phi) is 6.61. The average molecular weight is 499 g/mol. The highest BCUT2D eigenvalue weighted by molar-refractivity contribution is 6.13. The Balaban J connectivity index is 1.76. The summed E-state index contributed by atoms with van der Waals surface area (Å²) in [5, 5.41) is 11.3. The minimum Gasteiger partial charge on any atom is -0.497 e. The lowest BCUT2D eigenvalue weighted by Crippen LogP contribution is -2.28. The summed E-state index contributed by atoms with van der Waals surface area (Å²) >= 11 is 0. The summed E-state index contributed by atoms with van der Waals surface area (Å²) in [6.45, 7) is 2.77.